The van der Waals surface area contributed by atoms with Crippen molar-refractivity contribution in [1.82, 2.24) is 4.90 Å². The fourth-order valence-electron chi connectivity index (χ4n) is 3.28. The third-order valence-corrected chi connectivity index (χ3v) is 4.90. The largest absolute Gasteiger partial charge is 0.495 e. The number of anilines is 1. The van der Waals surface area contributed by atoms with Crippen molar-refractivity contribution in [3.63, 3.8) is 0 Å². The Morgan fingerprint density at radius 1 is 1.06 bits per heavy atom. The highest BCUT2D eigenvalue weighted by Crippen LogP contribution is 2.28. The van der Waals surface area contributed by atoms with Crippen LogP contribution in [0.15, 0.2) is 48.5 Å². The number of ether oxygens (including phenoxy) is 2. The van der Waals surface area contributed by atoms with Gasteiger partial charge in [-0.25, -0.2) is 0 Å². The van der Waals surface area contributed by atoms with Crippen LogP contribution in [0.25, 0.3) is 0 Å². The monoisotopic (exact) mass is 424 g/mol. The second-order valence-electron chi connectivity index (χ2n) is 7.16. The average molecular weight is 424 g/mol. The quantitative estimate of drug-likeness (QED) is 0.516. The van der Waals surface area contributed by atoms with Crippen molar-refractivity contribution in [2.24, 2.45) is 0 Å². The molecule has 1 saturated heterocycles. The molecule has 1 atom stereocenters. The molecule has 0 spiro atoms. The van der Waals surface area contributed by atoms with Crippen molar-refractivity contribution in [2.45, 2.75) is 32.3 Å². The molecule has 0 radical (unpaired) electrons. The van der Waals surface area contributed by atoms with Crippen LogP contribution >= 0.6 is 0 Å². The third kappa shape index (κ3) is 5.48. The van der Waals surface area contributed by atoms with E-state index in [-0.39, 0.29) is 37.6 Å². The maximum absolute atomic E-state index is 13.0. The third-order valence-electron chi connectivity index (χ3n) is 4.90. The van der Waals surface area contributed by atoms with Crippen molar-refractivity contribution in [1.29, 1.82) is 0 Å². The van der Waals surface area contributed by atoms with Gasteiger partial charge in [0.1, 0.15) is 5.75 Å². The number of esters is 1. The zero-order valence-electron chi connectivity index (χ0n) is 17.4. The van der Waals surface area contributed by atoms with Gasteiger partial charge < -0.3 is 14.8 Å². The number of carbonyl (C=O) groups excluding carboxylic acids is 4. The zero-order chi connectivity index (χ0) is 22.4. The minimum absolute atomic E-state index is 0.0642. The summed E-state index contributed by atoms with van der Waals surface area (Å²) in [5.41, 5.74) is 1.87. The van der Waals surface area contributed by atoms with Crippen LogP contribution in [0.4, 0.5) is 5.69 Å². The molecule has 0 saturated carbocycles. The number of methoxy groups -OCH3 is 1. The van der Waals surface area contributed by atoms with Crippen molar-refractivity contribution in [2.75, 3.05) is 19.0 Å². The first-order chi connectivity index (χ1) is 14.9. The first-order valence-corrected chi connectivity index (χ1v) is 9.92. The van der Waals surface area contributed by atoms with E-state index in [9.17, 15) is 19.2 Å². The number of rotatable bonds is 8. The Kier molecular flexibility index (Phi) is 7.02. The molecular weight excluding hydrogens is 400 g/mol. The number of amides is 3. The molecule has 0 unspecified atom stereocenters. The van der Waals surface area contributed by atoms with E-state index in [0.717, 1.165) is 10.5 Å². The van der Waals surface area contributed by atoms with E-state index in [1.807, 2.05) is 13.0 Å². The molecule has 1 aliphatic rings. The SMILES string of the molecule is COc1ccc(C)cc1NC(=O)[C@H](OC(=O)CCN1C(=O)CCC1=O)c1ccccc1. The summed E-state index contributed by atoms with van der Waals surface area (Å²) in [6.45, 7) is 1.82. The Labute approximate surface area is 180 Å². The number of nitrogens with zero attached hydrogens (tertiary/aromatic N) is 1. The lowest BCUT2D eigenvalue weighted by atomic mass is 10.1. The Hall–Kier alpha value is -3.68. The Bertz CT molecular complexity index is 973. The number of benzene rings is 2. The highest BCUT2D eigenvalue weighted by Gasteiger charge is 2.30. The van der Waals surface area contributed by atoms with Crippen LogP contribution in [0.5, 0.6) is 5.75 Å². The second kappa shape index (κ2) is 9.88. The van der Waals surface area contributed by atoms with Crippen LogP contribution in [-0.2, 0) is 23.9 Å². The molecule has 1 heterocycles. The average Bonchev–Trinajstić information content (AvgIpc) is 3.08. The van der Waals surface area contributed by atoms with Gasteiger partial charge in [-0.2, -0.15) is 0 Å². The standard InChI is InChI=1S/C23H24N2O6/c1-15-8-9-18(30-2)17(14-15)24-23(29)22(16-6-4-3-5-7-16)31-21(28)12-13-25-19(26)10-11-20(25)27/h3-9,14,22H,10-13H2,1-2H3,(H,24,29)/t22-/m1/s1. The minimum atomic E-state index is -1.20. The van der Waals surface area contributed by atoms with Crippen molar-refractivity contribution in [3.05, 3.63) is 59.7 Å². The molecule has 3 amide bonds. The number of carbonyl (C=O) groups is 4. The van der Waals surface area contributed by atoms with Crippen LogP contribution in [0.2, 0.25) is 0 Å². The summed E-state index contributed by atoms with van der Waals surface area (Å²) in [7, 11) is 1.50. The van der Waals surface area contributed by atoms with E-state index in [1.165, 1.54) is 7.11 Å². The van der Waals surface area contributed by atoms with Gasteiger partial charge in [0.2, 0.25) is 17.9 Å². The summed E-state index contributed by atoms with van der Waals surface area (Å²) in [4.78, 5) is 50.0. The second-order valence-corrected chi connectivity index (χ2v) is 7.16. The lowest BCUT2D eigenvalue weighted by Crippen LogP contribution is -2.32. The van der Waals surface area contributed by atoms with Gasteiger partial charge in [0.15, 0.2) is 0 Å². The van der Waals surface area contributed by atoms with Crippen LogP contribution in [0.3, 0.4) is 0 Å². The number of nitrogens with one attached hydrogen (secondary N) is 1. The number of hydrogen-bond donors (Lipinski definition) is 1. The minimum Gasteiger partial charge on any atom is -0.495 e. The lowest BCUT2D eigenvalue weighted by molar-refractivity contribution is -0.155. The summed E-state index contributed by atoms with van der Waals surface area (Å²) in [6, 6.07) is 14.0. The van der Waals surface area contributed by atoms with E-state index in [1.54, 1.807) is 42.5 Å². The van der Waals surface area contributed by atoms with Gasteiger partial charge in [0.25, 0.3) is 5.91 Å². The van der Waals surface area contributed by atoms with E-state index < -0.39 is 18.0 Å². The van der Waals surface area contributed by atoms with Gasteiger partial charge in [0, 0.05) is 24.9 Å². The number of aryl methyl sites for hydroxylation is 1. The number of hydrogen-bond acceptors (Lipinski definition) is 6. The van der Waals surface area contributed by atoms with Gasteiger partial charge in [0.05, 0.1) is 19.2 Å². The van der Waals surface area contributed by atoms with Crippen LogP contribution in [0.1, 0.15) is 36.5 Å². The summed E-state index contributed by atoms with van der Waals surface area (Å²) >= 11 is 0. The normalized spacial score (nSPS) is 14.3. The van der Waals surface area contributed by atoms with Gasteiger partial charge in [-0.3, -0.25) is 24.1 Å². The summed E-state index contributed by atoms with van der Waals surface area (Å²) in [6.07, 6.45) is -1.09. The predicted molar refractivity (Wildman–Crippen MR) is 112 cm³/mol. The highest BCUT2D eigenvalue weighted by molar-refractivity contribution is 6.02. The molecule has 1 fully saturated rings. The maximum Gasteiger partial charge on any atom is 0.308 e. The summed E-state index contributed by atoms with van der Waals surface area (Å²) in [5, 5.41) is 2.76. The molecule has 2 aromatic rings. The fourth-order valence-corrected chi connectivity index (χ4v) is 3.28. The molecule has 8 heteroatoms. The molecule has 1 aliphatic heterocycles. The molecule has 2 aromatic carbocycles. The topological polar surface area (TPSA) is 102 Å². The first kappa shape index (κ1) is 22.0. The lowest BCUT2D eigenvalue weighted by Gasteiger charge is -2.20. The van der Waals surface area contributed by atoms with E-state index >= 15 is 0 Å². The predicted octanol–water partition coefficient (Wildman–Crippen LogP) is 2.77. The van der Waals surface area contributed by atoms with E-state index in [2.05, 4.69) is 5.32 Å². The molecule has 0 aromatic heterocycles. The van der Waals surface area contributed by atoms with E-state index in [0.29, 0.717) is 17.0 Å². The Balaban J connectivity index is 1.73. The summed E-state index contributed by atoms with van der Waals surface area (Å²) in [5.74, 6) is -1.36. The number of imide groups is 1. The van der Waals surface area contributed by atoms with Gasteiger partial charge >= 0.3 is 5.97 Å². The summed E-state index contributed by atoms with van der Waals surface area (Å²) < 4.78 is 10.8. The fraction of sp³-hybridized carbons (Fsp3) is 0.304. The zero-order valence-corrected chi connectivity index (χ0v) is 17.4. The van der Waals surface area contributed by atoms with Crippen molar-refractivity contribution >= 4 is 29.4 Å². The molecule has 8 nitrogen and oxygen atoms in total. The molecule has 31 heavy (non-hydrogen) atoms. The Morgan fingerprint density at radius 3 is 2.39 bits per heavy atom. The highest BCUT2D eigenvalue weighted by atomic mass is 16.5. The van der Waals surface area contributed by atoms with Crippen molar-refractivity contribution in [3.8, 4) is 5.75 Å². The molecule has 1 N–H and O–H groups in total. The van der Waals surface area contributed by atoms with Gasteiger partial charge in [-0.05, 0) is 24.6 Å². The number of likely N-dealkylation sites (tertiary alicyclic amines) is 1. The molecule has 0 aliphatic carbocycles. The van der Waals surface area contributed by atoms with Crippen LogP contribution < -0.4 is 10.1 Å². The molecule has 3 rings (SSSR count). The maximum atomic E-state index is 13.0. The van der Waals surface area contributed by atoms with Crippen LogP contribution in [-0.4, -0.2) is 42.2 Å². The molecular formula is C23H24N2O6. The molecule has 162 valence electrons. The Morgan fingerprint density at radius 2 is 1.74 bits per heavy atom. The van der Waals surface area contributed by atoms with Crippen molar-refractivity contribution < 1.29 is 28.7 Å². The van der Waals surface area contributed by atoms with Gasteiger partial charge in [-0.15, -0.1) is 0 Å². The smallest absolute Gasteiger partial charge is 0.308 e. The van der Waals surface area contributed by atoms with E-state index in [4.69, 9.17) is 9.47 Å². The first-order valence-electron chi connectivity index (χ1n) is 9.92. The van der Waals surface area contributed by atoms with Gasteiger partial charge in [-0.1, -0.05) is 36.4 Å². The molecule has 0 bridgehead atoms. The van der Waals surface area contributed by atoms with Crippen LogP contribution in [0, 0.1) is 6.92 Å².